The van der Waals surface area contributed by atoms with Crippen molar-refractivity contribution in [2.45, 2.75) is 13.0 Å². The summed E-state index contributed by atoms with van der Waals surface area (Å²) in [6, 6.07) is 0. The van der Waals surface area contributed by atoms with Crippen molar-refractivity contribution in [1.82, 2.24) is 0 Å². The van der Waals surface area contributed by atoms with Gasteiger partial charge in [-0.2, -0.15) is 0 Å². The summed E-state index contributed by atoms with van der Waals surface area (Å²) < 4.78 is 9.24. The number of esters is 1. The Hall–Kier alpha value is -1.92. The predicted molar refractivity (Wildman–Crippen MR) is 75.2 cm³/mol. The molecule has 6 heteroatoms. The molecule has 0 rings (SSSR count). The standard InChI is InChI=1S/C8H12O5.C6H10O/c1-3-6(5(2)9)8(12)13-4-7(10)11;1-3-5-7-6-4-2/h3,5-6,9H,1,4H2,2H3,(H,10,11);3-4H,1-2,5-6H2. The smallest absolute Gasteiger partial charge is 0.341 e. The Balaban J connectivity index is 0. The minimum Gasteiger partial charge on any atom is -0.479 e. The van der Waals surface area contributed by atoms with E-state index < -0.39 is 30.6 Å². The molecule has 0 spiro atoms. The molecule has 0 amide bonds. The minimum absolute atomic E-state index is 0.617. The molecule has 0 saturated heterocycles. The summed E-state index contributed by atoms with van der Waals surface area (Å²) in [6.45, 7) is 12.2. The largest absolute Gasteiger partial charge is 0.479 e. The molecule has 2 atom stereocenters. The van der Waals surface area contributed by atoms with E-state index >= 15 is 0 Å². The number of aliphatic carboxylic acids is 1. The topological polar surface area (TPSA) is 93.1 Å². The van der Waals surface area contributed by atoms with Crippen LogP contribution in [-0.4, -0.2) is 48.1 Å². The third kappa shape index (κ3) is 12.5. The first-order valence-corrected chi connectivity index (χ1v) is 5.89. The Labute approximate surface area is 119 Å². The molecule has 0 aromatic heterocycles. The van der Waals surface area contributed by atoms with E-state index in [2.05, 4.69) is 24.5 Å². The fraction of sp³-hybridized carbons (Fsp3) is 0.429. The highest BCUT2D eigenvalue weighted by Crippen LogP contribution is 2.06. The van der Waals surface area contributed by atoms with Gasteiger partial charge in [0.2, 0.25) is 0 Å². The maximum atomic E-state index is 11.0. The molecular formula is C14H22O6. The van der Waals surface area contributed by atoms with Gasteiger partial charge >= 0.3 is 11.9 Å². The maximum Gasteiger partial charge on any atom is 0.341 e. The van der Waals surface area contributed by atoms with E-state index in [1.807, 2.05) is 0 Å². The van der Waals surface area contributed by atoms with E-state index in [0.717, 1.165) is 0 Å². The van der Waals surface area contributed by atoms with E-state index in [-0.39, 0.29) is 0 Å². The summed E-state index contributed by atoms with van der Waals surface area (Å²) in [6.07, 6.45) is 3.71. The summed E-state index contributed by atoms with van der Waals surface area (Å²) in [5.41, 5.74) is 0. The third-order valence-electron chi connectivity index (χ3n) is 1.86. The summed E-state index contributed by atoms with van der Waals surface area (Å²) in [5.74, 6) is -2.89. The number of hydrogen-bond donors (Lipinski definition) is 2. The molecule has 0 radical (unpaired) electrons. The van der Waals surface area contributed by atoms with E-state index in [9.17, 15) is 9.59 Å². The molecule has 2 unspecified atom stereocenters. The maximum absolute atomic E-state index is 11.0. The van der Waals surface area contributed by atoms with Crippen LogP contribution in [0, 0.1) is 5.92 Å². The number of aliphatic hydroxyl groups excluding tert-OH is 1. The lowest BCUT2D eigenvalue weighted by Crippen LogP contribution is -2.27. The summed E-state index contributed by atoms with van der Waals surface area (Å²) in [5, 5.41) is 17.2. The van der Waals surface area contributed by atoms with Crippen molar-refractivity contribution in [2.24, 2.45) is 5.92 Å². The van der Waals surface area contributed by atoms with Crippen LogP contribution in [0.2, 0.25) is 0 Å². The van der Waals surface area contributed by atoms with Crippen LogP contribution in [0.3, 0.4) is 0 Å². The van der Waals surface area contributed by atoms with Gasteiger partial charge in [-0.05, 0) is 6.92 Å². The number of hydrogen-bond acceptors (Lipinski definition) is 5. The van der Waals surface area contributed by atoms with Gasteiger partial charge in [-0.3, -0.25) is 4.79 Å². The van der Waals surface area contributed by atoms with E-state index in [1.165, 1.54) is 13.0 Å². The molecule has 2 N–H and O–H groups in total. The molecule has 0 heterocycles. The summed E-state index contributed by atoms with van der Waals surface area (Å²) in [7, 11) is 0. The fourth-order valence-electron chi connectivity index (χ4n) is 0.954. The fourth-order valence-corrected chi connectivity index (χ4v) is 0.954. The summed E-state index contributed by atoms with van der Waals surface area (Å²) >= 11 is 0. The first-order valence-electron chi connectivity index (χ1n) is 5.89. The number of carboxylic acid groups (broad SMARTS) is 1. The monoisotopic (exact) mass is 286 g/mol. The molecular weight excluding hydrogens is 264 g/mol. The molecule has 0 aliphatic carbocycles. The van der Waals surface area contributed by atoms with Gasteiger partial charge in [0.15, 0.2) is 6.61 Å². The van der Waals surface area contributed by atoms with Crippen molar-refractivity contribution in [3.8, 4) is 0 Å². The Morgan fingerprint density at radius 3 is 2.00 bits per heavy atom. The zero-order valence-electron chi connectivity index (χ0n) is 11.7. The van der Waals surface area contributed by atoms with Crippen LogP contribution in [0.1, 0.15) is 6.92 Å². The zero-order valence-corrected chi connectivity index (χ0v) is 11.7. The van der Waals surface area contributed by atoms with Gasteiger partial charge in [-0.25, -0.2) is 4.79 Å². The van der Waals surface area contributed by atoms with Crippen LogP contribution in [0.4, 0.5) is 0 Å². The average molecular weight is 286 g/mol. The van der Waals surface area contributed by atoms with Gasteiger partial charge in [-0.15, -0.1) is 19.7 Å². The van der Waals surface area contributed by atoms with Gasteiger partial charge < -0.3 is 19.7 Å². The second-order valence-electron chi connectivity index (χ2n) is 3.62. The number of carbonyl (C=O) groups excluding carboxylic acids is 1. The van der Waals surface area contributed by atoms with Crippen molar-refractivity contribution >= 4 is 11.9 Å². The van der Waals surface area contributed by atoms with E-state index in [0.29, 0.717) is 13.2 Å². The molecule has 0 saturated carbocycles. The van der Waals surface area contributed by atoms with Crippen LogP contribution in [0.15, 0.2) is 38.0 Å². The van der Waals surface area contributed by atoms with Crippen LogP contribution in [-0.2, 0) is 19.1 Å². The van der Waals surface area contributed by atoms with Gasteiger partial charge in [0.05, 0.1) is 19.3 Å². The molecule has 0 aliphatic heterocycles. The number of ether oxygens (including phenoxy) is 2. The first-order chi connectivity index (χ1) is 9.40. The molecule has 0 fully saturated rings. The third-order valence-corrected chi connectivity index (χ3v) is 1.86. The highest BCUT2D eigenvalue weighted by molar-refractivity contribution is 5.78. The molecule has 0 aliphatic rings. The Kier molecular flexibility index (Phi) is 13.8. The van der Waals surface area contributed by atoms with Gasteiger partial charge in [0.1, 0.15) is 5.92 Å². The molecule has 0 aromatic rings. The quantitative estimate of drug-likeness (QED) is 0.375. The SMILES string of the molecule is C=CC(C(=O)OCC(=O)O)C(C)O.C=CCOCC=C. The van der Waals surface area contributed by atoms with Crippen molar-refractivity contribution in [2.75, 3.05) is 19.8 Å². The summed E-state index contributed by atoms with van der Waals surface area (Å²) in [4.78, 5) is 21.0. The Morgan fingerprint density at radius 2 is 1.70 bits per heavy atom. The molecule has 0 aromatic carbocycles. The number of rotatable bonds is 9. The van der Waals surface area contributed by atoms with Crippen molar-refractivity contribution in [3.05, 3.63) is 38.0 Å². The predicted octanol–water partition coefficient (Wildman–Crippen LogP) is 1.17. The first kappa shape index (κ1) is 20.4. The lowest BCUT2D eigenvalue weighted by atomic mass is 10.1. The average Bonchev–Trinajstić information content (AvgIpc) is 2.38. The van der Waals surface area contributed by atoms with Gasteiger partial charge in [0.25, 0.3) is 0 Å². The van der Waals surface area contributed by atoms with Crippen molar-refractivity contribution in [1.29, 1.82) is 0 Å². The number of aliphatic hydroxyl groups is 1. The highest BCUT2D eigenvalue weighted by Gasteiger charge is 2.22. The van der Waals surface area contributed by atoms with Crippen LogP contribution in [0.5, 0.6) is 0 Å². The van der Waals surface area contributed by atoms with Gasteiger partial charge in [-0.1, -0.05) is 18.2 Å². The second-order valence-corrected chi connectivity index (χ2v) is 3.62. The van der Waals surface area contributed by atoms with Crippen LogP contribution < -0.4 is 0 Å². The Morgan fingerprint density at radius 1 is 1.20 bits per heavy atom. The van der Waals surface area contributed by atoms with Crippen molar-refractivity contribution in [3.63, 3.8) is 0 Å². The van der Waals surface area contributed by atoms with E-state index in [1.54, 1.807) is 12.2 Å². The zero-order chi connectivity index (χ0) is 16.0. The van der Waals surface area contributed by atoms with Gasteiger partial charge in [0, 0.05) is 0 Å². The molecule has 114 valence electrons. The highest BCUT2D eigenvalue weighted by atomic mass is 16.6. The normalized spacial score (nSPS) is 12.1. The number of carboxylic acids is 1. The lowest BCUT2D eigenvalue weighted by molar-refractivity contribution is -0.159. The number of carbonyl (C=O) groups is 2. The molecule has 6 nitrogen and oxygen atoms in total. The lowest BCUT2D eigenvalue weighted by Gasteiger charge is -2.13. The van der Waals surface area contributed by atoms with E-state index in [4.69, 9.17) is 14.9 Å². The van der Waals surface area contributed by atoms with Crippen molar-refractivity contribution < 1.29 is 29.3 Å². The minimum atomic E-state index is -1.23. The Bertz CT molecular complexity index is 314. The van der Waals surface area contributed by atoms with Crippen LogP contribution >= 0.6 is 0 Å². The molecule has 20 heavy (non-hydrogen) atoms. The van der Waals surface area contributed by atoms with Crippen LogP contribution in [0.25, 0.3) is 0 Å². The second kappa shape index (κ2) is 13.5. The molecule has 0 bridgehead atoms.